The highest BCUT2D eigenvalue weighted by atomic mass is 16.5. The quantitative estimate of drug-likeness (QED) is 0.479. The van der Waals surface area contributed by atoms with Gasteiger partial charge in [-0.05, 0) is 31.2 Å². The molecule has 0 aliphatic heterocycles. The molecule has 3 nitrogen and oxygen atoms in total. The average Bonchev–Trinajstić information content (AvgIpc) is 2.50. The maximum atomic E-state index is 11.7. The second kappa shape index (κ2) is 7.39. The molecule has 0 amide bonds. The van der Waals surface area contributed by atoms with Crippen LogP contribution in [0.3, 0.4) is 0 Å². The molecule has 2 aromatic rings. The zero-order chi connectivity index (χ0) is 15.1. The van der Waals surface area contributed by atoms with E-state index in [-0.39, 0.29) is 12.5 Å². The van der Waals surface area contributed by atoms with Crippen molar-refractivity contribution in [3.8, 4) is 0 Å². The van der Waals surface area contributed by atoms with E-state index in [0.717, 1.165) is 16.8 Å². The van der Waals surface area contributed by atoms with Crippen molar-refractivity contribution in [2.45, 2.75) is 6.92 Å². The molecular formula is C18H20NO2+. The second-order valence-corrected chi connectivity index (χ2v) is 4.74. The Morgan fingerprint density at radius 1 is 0.952 bits per heavy atom. The van der Waals surface area contributed by atoms with Gasteiger partial charge in [0.15, 0.2) is 0 Å². The number of benzene rings is 2. The summed E-state index contributed by atoms with van der Waals surface area (Å²) in [6, 6.07) is 20.1. The molecule has 0 saturated heterocycles. The third kappa shape index (κ3) is 4.02. The lowest BCUT2D eigenvalue weighted by Crippen LogP contribution is -2.26. The first-order valence-electron chi connectivity index (χ1n) is 7.07. The molecule has 0 spiro atoms. The fourth-order valence-electron chi connectivity index (χ4n) is 2.28. The normalized spacial score (nSPS) is 10.0. The Balaban J connectivity index is 2.43. The number of ether oxygens (including phenoxy) is 1. The van der Waals surface area contributed by atoms with Crippen LogP contribution < -0.4 is 0 Å². The number of hydrogen-bond donors (Lipinski definition) is 0. The molecule has 108 valence electrons. The third-order valence-corrected chi connectivity index (χ3v) is 3.15. The molecule has 0 N–H and O–H groups in total. The number of carbonyl (C=O) groups excluding carboxylic acids is 1. The SMILES string of the molecule is CCOC(=O)C[N+](C)=C(c1ccccc1)c1ccccc1. The summed E-state index contributed by atoms with van der Waals surface area (Å²) in [5.41, 5.74) is 3.18. The zero-order valence-electron chi connectivity index (χ0n) is 12.5. The summed E-state index contributed by atoms with van der Waals surface area (Å²) in [6.45, 7) is 2.45. The van der Waals surface area contributed by atoms with Gasteiger partial charge in [-0.1, -0.05) is 36.4 Å². The van der Waals surface area contributed by atoms with Crippen LogP contribution in [-0.2, 0) is 9.53 Å². The molecule has 0 bridgehead atoms. The number of carbonyl (C=O) groups is 1. The molecule has 0 radical (unpaired) electrons. The monoisotopic (exact) mass is 282 g/mol. The lowest BCUT2D eigenvalue weighted by molar-refractivity contribution is -0.486. The molecule has 21 heavy (non-hydrogen) atoms. The smallest absolute Gasteiger partial charge is 0.372 e. The Bertz CT molecular complexity index is 577. The lowest BCUT2D eigenvalue weighted by Gasteiger charge is -2.07. The first-order chi connectivity index (χ1) is 10.2. The highest BCUT2D eigenvalue weighted by Gasteiger charge is 2.19. The predicted octanol–water partition coefficient (Wildman–Crippen LogP) is 2.73. The maximum absolute atomic E-state index is 11.7. The Labute approximate surface area is 125 Å². The van der Waals surface area contributed by atoms with Gasteiger partial charge in [-0.25, -0.2) is 9.37 Å². The van der Waals surface area contributed by atoms with Crippen molar-refractivity contribution in [1.29, 1.82) is 0 Å². The van der Waals surface area contributed by atoms with Gasteiger partial charge in [0.2, 0.25) is 12.3 Å². The van der Waals surface area contributed by atoms with Crippen LogP contribution in [0.2, 0.25) is 0 Å². The molecule has 2 rings (SSSR count). The highest BCUT2D eigenvalue weighted by molar-refractivity contribution is 6.09. The van der Waals surface area contributed by atoms with Gasteiger partial charge in [0.25, 0.3) is 0 Å². The predicted molar refractivity (Wildman–Crippen MR) is 83.8 cm³/mol. The van der Waals surface area contributed by atoms with Gasteiger partial charge in [-0.15, -0.1) is 0 Å². The molecule has 0 atom stereocenters. The second-order valence-electron chi connectivity index (χ2n) is 4.74. The van der Waals surface area contributed by atoms with E-state index in [2.05, 4.69) is 0 Å². The summed E-state index contributed by atoms with van der Waals surface area (Å²) in [7, 11) is 1.91. The van der Waals surface area contributed by atoms with Gasteiger partial charge in [-0.3, -0.25) is 0 Å². The molecule has 0 heterocycles. The molecular weight excluding hydrogens is 262 g/mol. The summed E-state index contributed by atoms with van der Waals surface area (Å²) in [6.07, 6.45) is 0. The minimum absolute atomic E-state index is 0.218. The van der Waals surface area contributed by atoms with Crippen molar-refractivity contribution in [2.75, 3.05) is 20.2 Å². The summed E-state index contributed by atoms with van der Waals surface area (Å²) in [4.78, 5) is 11.7. The van der Waals surface area contributed by atoms with Gasteiger partial charge in [0.05, 0.1) is 6.61 Å². The van der Waals surface area contributed by atoms with Gasteiger partial charge in [0, 0.05) is 11.1 Å². The summed E-state index contributed by atoms with van der Waals surface area (Å²) < 4.78 is 6.97. The fraction of sp³-hybridized carbons (Fsp3) is 0.222. The van der Waals surface area contributed by atoms with Crippen LogP contribution in [0.5, 0.6) is 0 Å². The molecule has 0 unspecified atom stereocenters. The van der Waals surface area contributed by atoms with E-state index in [1.54, 1.807) is 0 Å². The topological polar surface area (TPSA) is 29.3 Å². The van der Waals surface area contributed by atoms with E-state index in [0.29, 0.717) is 6.61 Å². The minimum atomic E-state index is -0.218. The van der Waals surface area contributed by atoms with Crippen molar-refractivity contribution in [3.05, 3.63) is 71.8 Å². The van der Waals surface area contributed by atoms with Crippen molar-refractivity contribution in [3.63, 3.8) is 0 Å². The van der Waals surface area contributed by atoms with Gasteiger partial charge < -0.3 is 4.74 Å². The first-order valence-corrected chi connectivity index (χ1v) is 7.07. The van der Waals surface area contributed by atoms with Crippen molar-refractivity contribution in [1.82, 2.24) is 0 Å². The van der Waals surface area contributed by atoms with Crippen LogP contribution in [0.1, 0.15) is 18.1 Å². The molecule has 0 aliphatic rings. The largest absolute Gasteiger partial charge is 0.461 e. The van der Waals surface area contributed by atoms with Crippen molar-refractivity contribution >= 4 is 11.7 Å². The van der Waals surface area contributed by atoms with Crippen LogP contribution in [0, 0.1) is 0 Å². The van der Waals surface area contributed by atoms with E-state index in [9.17, 15) is 4.79 Å². The minimum Gasteiger partial charge on any atom is -0.461 e. The maximum Gasteiger partial charge on any atom is 0.372 e. The van der Waals surface area contributed by atoms with E-state index < -0.39 is 0 Å². The average molecular weight is 282 g/mol. The number of hydrogen-bond acceptors (Lipinski definition) is 2. The van der Waals surface area contributed by atoms with Gasteiger partial charge >= 0.3 is 5.97 Å². The van der Waals surface area contributed by atoms with E-state index in [1.165, 1.54) is 0 Å². The molecule has 0 saturated carbocycles. The summed E-state index contributed by atoms with van der Waals surface area (Å²) in [5.74, 6) is -0.218. The van der Waals surface area contributed by atoms with Crippen LogP contribution in [0.15, 0.2) is 60.7 Å². The Hall–Kier alpha value is -2.42. The Morgan fingerprint density at radius 3 is 1.86 bits per heavy atom. The van der Waals surface area contributed by atoms with Crippen molar-refractivity contribution in [2.24, 2.45) is 0 Å². The first kappa shape index (κ1) is 15.0. The van der Waals surface area contributed by atoms with E-state index in [1.807, 2.05) is 79.2 Å². The third-order valence-electron chi connectivity index (χ3n) is 3.15. The molecule has 0 aliphatic carbocycles. The number of nitrogens with zero attached hydrogens (tertiary/aromatic N) is 1. The number of likely N-dealkylation sites (N-methyl/N-ethyl adjacent to an activating group) is 1. The highest BCUT2D eigenvalue weighted by Crippen LogP contribution is 2.10. The molecule has 0 fully saturated rings. The van der Waals surface area contributed by atoms with Crippen LogP contribution in [-0.4, -0.2) is 36.5 Å². The number of esters is 1. The summed E-state index contributed by atoms with van der Waals surface area (Å²) >= 11 is 0. The summed E-state index contributed by atoms with van der Waals surface area (Å²) in [5, 5.41) is 0. The lowest BCUT2D eigenvalue weighted by atomic mass is 10.0. The number of rotatable bonds is 5. The van der Waals surface area contributed by atoms with Crippen LogP contribution >= 0.6 is 0 Å². The van der Waals surface area contributed by atoms with E-state index >= 15 is 0 Å². The Morgan fingerprint density at radius 2 is 1.43 bits per heavy atom. The van der Waals surface area contributed by atoms with Crippen molar-refractivity contribution < 1.29 is 14.1 Å². The van der Waals surface area contributed by atoms with E-state index in [4.69, 9.17) is 4.74 Å². The standard InChI is InChI=1S/C18H20NO2/c1-3-21-17(20)14-19(2)18(15-10-6-4-7-11-15)16-12-8-5-9-13-16/h4-13H,3,14H2,1-2H3/q+1. The fourth-order valence-corrected chi connectivity index (χ4v) is 2.28. The van der Waals surface area contributed by atoms with Gasteiger partial charge in [-0.2, -0.15) is 0 Å². The van der Waals surface area contributed by atoms with Crippen LogP contribution in [0.4, 0.5) is 0 Å². The molecule has 0 aromatic heterocycles. The van der Waals surface area contributed by atoms with Crippen LogP contribution in [0.25, 0.3) is 0 Å². The van der Waals surface area contributed by atoms with Gasteiger partial charge in [0.1, 0.15) is 7.05 Å². The Kier molecular flexibility index (Phi) is 5.27. The molecule has 3 heteroatoms. The molecule has 2 aromatic carbocycles. The zero-order valence-corrected chi connectivity index (χ0v) is 12.5.